The van der Waals surface area contributed by atoms with Gasteiger partial charge < -0.3 is 20.5 Å². The summed E-state index contributed by atoms with van der Waals surface area (Å²) in [7, 11) is 0. The third kappa shape index (κ3) is 3.07. The van der Waals surface area contributed by atoms with Gasteiger partial charge in [0.2, 0.25) is 0 Å². The number of ether oxygens (including phenoxy) is 2. The van der Waals surface area contributed by atoms with Gasteiger partial charge in [0.1, 0.15) is 0 Å². The molecule has 0 aliphatic heterocycles. The molecule has 1 aromatic rings. The first kappa shape index (κ1) is 13.0. The smallest absolute Gasteiger partial charge is 0.163 e. The lowest BCUT2D eigenvalue weighted by Gasteiger charge is -2.33. The minimum absolute atomic E-state index is 0.358. The van der Waals surface area contributed by atoms with Gasteiger partial charge >= 0.3 is 0 Å². The number of rotatable bonds is 6. The Morgan fingerprint density at radius 1 is 1.17 bits per heavy atom. The Kier molecular flexibility index (Phi) is 4.31. The molecule has 0 radical (unpaired) electrons. The summed E-state index contributed by atoms with van der Waals surface area (Å²) in [5.74, 6) is 1.60. The summed E-state index contributed by atoms with van der Waals surface area (Å²) in [6.45, 7) is 5.22. The lowest BCUT2D eigenvalue weighted by molar-refractivity contribution is 0.288. The molecular formula is C14H22N2O2. The average molecular weight is 250 g/mol. The SMILES string of the molecule is CCOc1ccc(NC2CC(N)C2)cc1OCC. The standard InChI is InChI=1S/C14H22N2O2/c1-3-17-13-6-5-11(9-14(13)18-4-2)16-12-7-10(15)8-12/h5-6,9-10,12,16H,3-4,7-8,15H2,1-2H3. The summed E-state index contributed by atoms with van der Waals surface area (Å²) in [5, 5.41) is 3.46. The van der Waals surface area contributed by atoms with Gasteiger partial charge in [-0.1, -0.05) is 0 Å². The van der Waals surface area contributed by atoms with Gasteiger partial charge in [-0.3, -0.25) is 0 Å². The van der Waals surface area contributed by atoms with Crippen molar-refractivity contribution in [1.82, 2.24) is 0 Å². The van der Waals surface area contributed by atoms with Crippen molar-refractivity contribution in [2.24, 2.45) is 5.73 Å². The van der Waals surface area contributed by atoms with Crippen molar-refractivity contribution in [1.29, 1.82) is 0 Å². The molecule has 0 saturated heterocycles. The van der Waals surface area contributed by atoms with Crippen molar-refractivity contribution in [3.05, 3.63) is 18.2 Å². The lowest BCUT2D eigenvalue weighted by atomic mass is 9.87. The summed E-state index contributed by atoms with van der Waals surface area (Å²) in [6.07, 6.45) is 2.08. The molecule has 1 saturated carbocycles. The van der Waals surface area contributed by atoms with Crippen LogP contribution in [0.5, 0.6) is 11.5 Å². The molecular weight excluding hydrogens is 228 g/mol. The normalized spacial score (nSPS) is 22.2. The molecule has 1 aliphatic rings. The van der Waals surface area contributed by atoms with Crippen molar-refractivity contribution >= 4 is 5.69 Å². The Morgan fingerprint density at radius 2 is 1.83 bits per heavy atom. The number of anilines is 1. The van der Waals surface area contributed by atoms with Gasteiger partial charge in [-0.05, 0) is 38.8 Å². The van der Waals surface area contributed by atoms with E-state index in [2.05, 4.69) is 5.32 Å². The molecule has 0 spiro atoms. The molecule has 0 bridgehead atoms. The van der Waals surface area contributed by atoms with Crippen LogP contribution in [0.25, 0.3) is 0 Å². The van der Waals surface area contributed by atoms with Crippen molar-refractivity contribution in [3.63, 3.8) is 0 Å². The minimum Gasteiger partial charge on any atom is -0.490 e. The van der Waals surface area contributed by atoms with Crippen LogP contribution in [-0.4, -0.2) is 25.3 Å². The molecule has 3 N–H and O–H groups in total. The Hall–Kier alpha value is -1.42. The molecule has 0 amide bonds. The molecule has 1 aliphatic carbocycles. The maximum atomic E-state index is 5.78. The van der Waals surface area contributed by atoms with Gasteiger partial charge in [-0.2, -0.15) is 0 Å². The van der Waals surface area contributed by atoms with E-state index in [1.54, 1.807) is 0 Å². The summed E-state index contributed by atoms with van der Waals surface area (Å²) in [5.41, 5.74) is 6.85. The zero-order chi connectivity index (χ0) is 13.0. The monoisotopic (exact) mass is 250 g/mol. The van der Waals surface area contributed by atoms with Crippen LogP contribution in [0.1, 0.15) is 26.7 Å². The first-order valence-corrected chi connectivity index (χ1v) is 6.64. The van der Waals surface area contributed by atoms with Crippen molar-refractivity contribution in [2.45, 2.75) is 38.8 Å². The van der Waals surface area contributed by atoms with Crippen molar-refractivity contribution in [2.75, 3.05) is 18.5 Å². The van der Waals surface area contributed by atoms with Crippen LogP contribution >= 0.6 is 0 Å². The van der Waals surface area contributed by atoms with Crippen molar-refractivity contribution < 1.29 is 9.47 Å². The second-order valence-corrected chi connectivity index (χ2v) is 4.60. The van der Waals surface area contributed by atoms with E-state index in [-0.39, 0.29) is 0 Å². The van der Waals surface area contributed by atoms with E-state index in [1.807, 2.05) is 32.0 Å². The van der Waals surface area contributed by atoms with Crippen LogP contribution in [-0.2, 0) is 0 Å². The fourth-order valence-electron chi connectivity index (χ4n) is 2.16. The Morgan fingerprint density at radius 3 is 2.44 bits per heavy atom. The molecule has 4 heteroatoms. The molecule has 4 nitrogen and oxygen atoms in total. The van der Waals surface area contributed by atoms with E-state index in [4.69, 9.17) is 15.2 Å². The number of nitrogens with one attached hydrogen (secondary N) is 1. The first-order valence-electron chi connectivity index (χ1n) is 6.64. The fourth-order valence-corrected chi connectivity index (χ4v) is 2.16. The quantitative estimate of drug-likeness (QED) is 0.814. The number of hydrogen-bond donors (Lipinski definition) is 2. The van der Waals surface area contributed by atoms with E-state index < -0.39 is 0 Å². The highest BCUT2D eigenvalue weighted by Crippen LogP contribution is 2.32. The maximum Gasteiger partial charge on any atom is 0.163 e. The second-order valence-electron chi connectivity index (χ2n) is 4.60. The highest BCUT2D eigenvalue weighted by atomic mass is 16.5. The van der Waals surface area contributed by atoms with Crippen LogP contribution in [0.15, 0.2) is 18.2 Å². The summed E-state index contributed by atoms with van der Waals surface area (Å²) in [6, 6.07) is 6.83. The molecule has 1 aromatic carbocycles. The Labute approximate surface area is 108 Å². The molecule has 1 fully saturated rings. The van der Waals surface area contributed by atoms with Gasteiger partial charge in [0, 0.05) is 23.8 Å². The van der Waals surface area contributed by atoms with E-state index in [1.165, 1.54) is 0 Å². The molecule has 0 atom stereocenters. The van der Waals surface area contributed by atoms with Crippen LogP contribution in [0.4, 0.5) is 5.69 Å². The average Bonchev–Trinajstić information content (AvgIpc) is 2.31. The molecule has 18 heavy (non-hydrogen) atoms. The number of nitrogens with two attached hydrogens (primary N) is 1. The van der Waals surface area contributed by atoms with Crippen LogP contribution < -0.4 is 20.5 Å². The Bertz CT molecular complexity index is 389. The zero-order valence-corrected chi connectivity index (χ0v) is 11.1. The predicted molar refractivity (Wildman–Crippen MR) is 73.4 cm³/mol. The Balaban J connectivity index is 2.04. The highest BCUT2D eigenvalue weighted by Gasteiger charge is 2.25. The fraction of sp³-hybridized carbons (Fsp3) is 0.571. The molecule has 100 valence electrons. The predicted octanol–water partition coefficient (Wildman–Crippen LogP) is 2.39. The van der Waals surface area contributed by atoms with E-state index in [0.29, 0.717) is 25.3 Å². The summed E-state index contributed by atoms with van der Waals surface area (Å²) in [4.78, 5) is 0. The van der Waals surface area contributed by atoms with Crippen molar-refractivity contribution in [3.8, 4) is 11.5 Å². The first-order chi connectivity index (χ1) is 8.72. The molecule has 0 aromatic heterocycles. The van der Waals surface area contributed by atoms with Crippen LogP contribution in [0, 0.1) is 0 Å². The van der Waals surface area contributed by atoms with E-state index in [9.17, 15) is 0 Å². The van der Waals surface area contributed by atoms with Gasteiger partial charge in [0.25, 0.3) is 0 Å². The molecule has 0 heterocycles. The van der Waals surface area contributed by atoms with E-state index >= 15 is 0 Å². The lowest BCUT2D eigenvalue weighted by Crippen LogP contribution is -2.44. The third-order valence-electron chi connectivity index (χ3n) is 3.09. The summed E-state index contributed by atoms with van der Waals surface area (Å²) < 4.78 is 11.1. The third-order valence-corrected chi connectivity index (χ3v) is 3.09. The zero-order valence-electron chi connectivity index (χ0n) is 11.1. The molecule has 0 unspecified atom stereocenters. The van der Waals surface area contributed by atoms with Crippen LogP contribution in [0.3, 0.4) is 0 Å². The summed E-state index contributed by atoms with van der Waals surface area (Å²) >= 11 is 0. The minimum atomic E-state index is 0.358. The van der Waals surface area contributed by atoms with E-state index in [0.717, 1.165) is 30.0 Å². The van der Waals surface area contributed by atoms with Gasteiger partial charge in [-0.25, -0.2) is 0 Å². The maximum absolute atomic E-state index is 5.78. The van der Waals surface area contributed by atoms with Gasteiger partial charge in [0.05, 0.1) is 13.2 Å². The molecule has 2 rings (SSSR count). The topological polar surface area (TPSA) is 56.5 Å². The van der Waals surface area contributed by atoms with Gasteiger partial charge in [0.15, 0.2) is 11.5 Å². The largest absolute Gasteiger partial charge is 0.490 e. The van der Waals surface area contributed by atoms with Gasteiger partial charge in [-0.15, -0.1) is 0 Å². The number of benzene rings is 1. The van der Waals surface area contributed by atoms with Crippen LogP contribution in [0.2, 0.25) is 0 Å². The number of hydrogen-bond acceptors (Lipinski definition) is 4. The second kappa shape index (κ2) is 5.96. The highest BCUT2D eigenvalue weighted by molar-refractivity contribution is 5.55.